The monoisotopic (exact) mass is 275 g/mol. The first-order valence-electron chi connectivity index (χ1n) is 6.72. The van der Waals surface area contributed by atoms with Crippen LogP contribution in [0.2, 0.25) is 0 Å². The van der Waals surface area contributed by atoms with Crippen molar-refractivity contribution in [1.29, 1.82) is 0 Å². The lowest BCUT2D eigenvalue weighted by Gasteiger charge is -2.27. The summed E-state index contributed by atoms with van der Waals surface area (Å²) in [5, 5.41) is 1.18. The molecule has 0 aliphatic heterocycles. The normalized spacial score (nSPS) is 10.9. The summed E-state index contributed by atoms with van der Waals surface area (Å²) in [4.78, 5) is 2.39. The predicted molar refractivity (Wildman–Crippen MR) is 84.7 cm³/mol. The van der Waals surface area contributed by atoms with E-state index >= 15 is 0 Å². The summed E-state index contributed by atoms with van der Waals surface area (Å²) < 4.78 is 4.36. The second kappa shape index (κ2) is 6.06. The minimum Gasteiger partial charge on any atom is -0.382 e. The van der Waals surface area contributed by atoms with Crippen LogP contribution in [-0.4, -0.2) is 17.0 Å². The van der Waals surface area contributed by atoms with Crippen LogP contribution in [0.5, 0.6) is 0 Å². The number of anilines is 2. The number of rotatable bonds is 5. The first-order chi connectivity index (χ1) is 9.15. The molecule has 0 spiro atoms. The number of benzene rings is 1. The number of nitrogen functional groups attached to an aromatic ring is 1. The Kier molecular flexibility index (Phi) is 4.43. The number of nitrogens with zero attached hydrogens (tertiary/aromatic N) is 2. The van der Waals surface area contributed by atoms with Crippen molar-refractivity contribution in [2.75, 3.05) is 17.2 Å². The molecule has 3 nitrogen and oxygen atoms in total. The maximum absolute atomic E-state index is 6.08. The highest BCUT2D eigenvalue weighted by Crippen LogP contribution is 2.39. The topological polar surface area (TPSA) is 42.2 Å². The Bertz CT molecular complexity index is 519. The fourth-order valence-electron chi connectivity index (χ4n) is 2.20. The highest BCUT2D eigenvalue weighted by Gasteiger charge is 2.20. The molecular formula is C15H21N3S. The van der Waals surface area contributed by atoms with Crippen LogP contribution in [-0.2, 0) is 0 Å². The Morgan fingerprint density at radius 2 is 1.95 bits per heavy atom. The SMILES string of the molecule is CCCN(c1snc(N)c1-c1ccccc1)C(C)C. The zero-order chi connectivity index (χ0) is 13.8. The third-order valence-electron chi connectivity index (χ3n) is 3.11. The second-order valence-electron chi connectivity index (χ2n) is 4.90. The van der Waals surface area contributed by atoms with E-state index in [2.05, 4.69) is 42.2 Å². The summed E-state index contributed by atoms with van der Waals surface area (Å²) in [6, 6.07) is 10.7. The molecule has 2 aromatic rings. The number of hydrogen-bond acceptors (Lipinski definition) is 4. The number of nitrogens with two attached hydrogens (primary N) is 1. The molecule has 0 atom stereocenters. The fourth-order valence-corrected chi connectivity index (χ4v) is 3.20. The molecule has 0 amide bonds. The highest BCUT2D eigenvalue weighted by molar-refractivity contribution is 7.11. The first-order valence-corrected chi connectivity index (χ1v) is 7.49. The molecule has 2 N–H and O–H groups in total. The Morgan fingerprint density at radius 3 is 2.53 bits per heavy atom. The molecule has 0 bridgehead atoms. The average molecular weight is 275 g/mol. The molecule has 0 aliphatic carbocycles. The molecule has 1 aromatic heterocycles. The van der Waals surface area contributed by atoms with Crippen molar-refractivity contribution < 1.29 is 0 Å². The summed E-state index contributed by atoms with van der Waals surface area (Å²) in [6.45, 7) is 7.64. The van der Waals surface area contributed by atoms with Crippen LogP contribution in [0, 0.1) is 0 Å². The van der Waals surface area contributed by atoms with Crippen molar-refractivity contribution >= 4 is 22.4 Å². The van der Waals surface area contributed by atoms with Crippen molar-refractivity contribution in [3.63, 3.8) is 0 Å². The van der Waals surface area contributed by atoms with Gasteiger partial charge in [0.25, 0.3) is 0 Å². The van der Waals surface area contributed by atoms with Crippen LogP contribution in [0.25, 0.3) is 11.1 Å². The van der Waals surface area contributed by atoms with Gasteiger partial charge in [-0.1, -0.05) is 37.3 Å². The quantitative estimate of drug-likeness (QED) is 0.896. The van der Waals surface area contributed by atoms with Crippen molar-refractivity contribution in [2.45, 2.75) is 33.2 Å². The third-order valence-corrected chi connectivity index (χ3v) is 4.01. The molecule has 0 fully saturated rings. The van der Waals surface area contributed by atoms with E-state index in [-0.39, 0.29) is 0 Å². The summed E-state index contributed by atoms with van der Waals surface area (Å²) >= 11 is 1.50. The summed E-state index contributed by atoms with van der Waals surface area (Å²) in [7, 11) is 0. The number of aromatic nitrogens is 1. The van der Waals surface area contributed by atoms with E-state index < -0.39 is 0 Å². The maximum Gasteiger partial charge on any atom is 0.147 e. The van der Waals surface area contributed by atoms with Crippen LogP contribution in [0.4, 0.5) is 10.8 Å². The second-order valence-corrected chi connectivity index (χ2v) is 5.65. The Hall–Kier alpha value is -1.55. The smallest absolute Gasteiger partial charge is 0.147 e. The van der Waals surface area contributed by atoms with Crippen molar-refractivity contribution in [2.24, 2.45) is 0 Å². The maximum atomic E-state index is 6.08. The molecule has 0 saturated heterocycles. The summed E-state index contributed by atoms with van der Waals surface area (Å²) in [5.74, 6) is 0.632. The standard InChI is InChI=1S/C15H21N3S/c1-4-10-18(11(2)3)15-13(14(16)17-19-15)12-8-6-5-7-9-12/h5-9,11H,4,10H2,1-3H3,(H2,16,17). The van der Waals surface area contributed by atoms with Gasteiger partial charge in [0.05, 0.1) is 5.56 Å². The Morgan fingerprint density at radius 1 is 1.26 bits per heavy atom. The Labute approximate surface area is 119 Å². The summed E-state index contributed by atoms with van der Waals surface area (Å²) in [6.07, 6.45) is 1.12. The van der Waals surface area contributed by atoms with Gasteiger partial charge in [0, 0.05) is 12.6 Å². The molecule has 0 unspecified atom stereocenters. The van der Waals surface area contributed by atoms with Gasteiger partial charge in [-0.2, -0.15) is 4.37 Å². The molecule has 2 rings (SSSR count). The average Bonchev–Trinajstić information content (AvgIpc) is 2.78. The zero-order valence-corrected chi connectivity index (χ0v) is 12.6. The van der Waals surface area contributed by atoms with E-state index in [0.29, 0.717) is 11.9 Å². The van der Waals surface area contributed by atoms with Crippen LogP contribution < -0.4 is 10.6 Å². The lowest BCUT2D eigenvalue weighted by Crippen LogP contribution is -2.31. The van der Waals surface area contributed by atoms with E-state index in [1.54, 1.807) is 0 Å². The van der Waals surface area contributed by atoms with E-state index in [1.807, 2.05) is 18.2 Å². The van der Waals surface area contributed by atoms with Crippen molar-refractivity contribution in [3.05, 3.63) is 30.3 Å². The summed E-state index contributed by atoms with van der Waals surface area (Å²) in [5.41, 5.74) is 8.30. The first kappa shape index (κ1) is 13.9. The van der Waals surface area contributed by atoms with Gasteiger partial charge in [0.2, 0.25) is 0 Å². The molecule has 4 heteroatoms. The molecule has 1 heterocycles. The molecule has 19 heavy (non-hydrogen) atoms. The van der Waals surface area contributed by atoms with Gasteiger partial charge in [0.15, 0.2) is 0 Å². The van der Waals surface area contributed by atoms with Crippen LogP contribution >= 0.6 is 11.5 Å². The lowest BCUT2D eigenvalue weighted by molar-refractivity contribution is 0.677. The largest absolute Gasteiger partial charge is 0.382 e. The predicted octanol–water partition coefficient (Wildman–Crippen LogP) is 4.02. The fraction of sp³-hybridized carbons (Fsp3) is 0.400. The van der Waals surface area contributed by atoms with Gasteiger partial charge in [-0.3, -0.25) is 0 Å². The minimum atomic E-state index is 0.447. The van der Waals surface area contributed by atoms with Crippen LogP contribution in [0.1, 0.15) is 27.2 Å². The minimum absolute atomic E-state index is 0.447. The van der Waals surface area contributed by atoms with Gasteiger partial charge in [-0.05, 0) is 37.4 Å². The third kappa shape index (κ3) is 2.89. The van der Waals surface area contributed by atoms with Gasteiger partial charge in [-0.15, -0.1) is 0 Å². The van der Waals surface area contributed by atoms with Crippen molar-refractivity contribution in [3.8, 4) is 11.1 Å². The molecule has 0 aliphatic rings. The molecule has 1 aromatic carbocycles. The zero-order valence-electron chi connectivity index (χ0n) is 11.8. The molecular weight excluding hydrogens is 254 g/mol. The van der Waals surface area contributed by atoms with Gasteiger partial charge in [-0.25, -0.2) is 0 Å². The molecule has 102 valence electrons. The lowest BCUT2D eigenvalue weighted by atomic mass is 10.1. The Balaban J connectivity index is 2.47. The van der Waals surface area contributed by atoms with E-state index in [4.69, 9.17) is 5.73 Å². The van der Waals surface area contributed by atoms with E-state index in [1.165, 1.54) is 16.5 Å². The molecule has 0 saturated carbocycles. The van der Waals surface area contributed by atoms with Crippen molar-refractivity contribution in [1.82, 2.24) is 4.37 Å². The van der Waals surface area contributed by atoms with Gasteiger partial charge in [0.1, 0.15) is 10.8 Å². The van der Waals surface area contributed by atoms with Crippen LogP contribution in [0.3, 0.4) is 0 Å². The molecule has 0 radical (unpaired) electrons. The van der Waals surface area contributed by atoms with Crippen LogP contribution in [0.15, 0.2) is 30.3 Å². The highest BCUT2D eigenvalue weighted by atomic mass is 32.1. The van der Waals surface area contributed by atoms with Gasteiger partial charge >= 0.3 is 0 Å². The van der Waals surface area contributed by atoms with E-state index in [9.17, 15) is 0 Å². The van der Waals surface area contributed by atoms with Gasteiger partial charge < -0.3 is 10.6 Å². The number of hydrogen-bond donors (Lipinski definition) is 1. The van der Waals surface area contributed by atoms with E-state index in [0.717, 1.165) is 24.1 Å².